The Morgan fingerprint density at radius 1 is 1.38 bits per heavy atom. The van der Waals surface area contributed by atoms with Crippen LogP contribution >= 0.6 is 0 Å². The highest BCUT2D eigenvalue weighted by Gasteiger charge is 2.38. The van der Waals surface area contributed by atoms with Gasteiger partial charge in [0, 0.05) is 6.04 Å². The molecule has 1 saturated carbocycles. The van der Waals surface area contributed by atoms with Gasteiger partial charge in [-0.3, -0.25) is 0 Å². The lowest BCUT2D eigenvalue weighted by Crippen LogP contribution is -2.07. The number of hydrogen-bond donors (Lipinski definition) is 1. The van der Waals surface area contributed by atoms with Crippen molar-refractivity contribution in [1.82, 2.24) is 0 Å². The van der Waals surface area contributed by atoms with E-state index < -0.39 is 0 Å². The van der Waals surface area contributed by atoms with Crippen molar-refractivity contribution in [2.45, 2.75) is 25.3 Å². The van der Waals surface area contributed by atoms with E-state index >= 15 is 0 Å². The standard InChI is InChI=1S/C11H14FN/c1-7(10-6-11(10)13)8-2-4-9(12)5-3-8/h2-5,7,10-11H,6,13H2,1H3/t7?,10-,11+/m0/s1. The largest absolute Gasteiger partial charge is 0.327 e. The SMILES string of the molecule is CC(c1ccc(F)cc1)[C@@H]1C[C@H]1N. The first-order valence-corrected chi connectivity index (χ1v) is 4.69. The van der Waals surface area contributed by atoms with Gasteiger partial charge in [-0.15, -0.1) is 0 Å². The van der Waals surface area contributed by atoms with Crippen LogP contribution in [-0.2, 0) is 0 Å². The molecule has 3 atom stereocenters. The van der Waals surface area contributed by atoms with E-state index in [4.69, 9.17) is 5.73 Å². The normalized spacial score (nSPS) is 28.5. The molecular weight excluding hydrogens is 165 g/mol. The third kappa shape index (κ3) is 1.73. The molecule has 0 aromatic heterocycles. The first kappa shape index (κ1) is 8.70. The molecule has 2 rings (SSSR count). The summed E-state index contributed by atoms with van der Waals surface area (Å²) in [7, 11) is 0. The molecule has 1 unspecified atom stereocenters. The van der Waals surface area contributed by atoms with Crippen molar-refractivity contribution in [2.24, 2.45) is 11.7 Å². The Labute approximate surface area is 77.8 Å². The summed E-state index contributed by atoms with van der Waals surface area (Å²) in [6.07, 6.45) is 1.11. The molecule has 0 radical (unpaired) electrons. The minimum Gasteiger partial charge on any atom is -0.327 e. The maximum Gasteiger partial charge on any atom is 0.123 e. The van der Waals surface area contributed by atoms with Crippen molar-refractivity contribution < 1.29 is 4.39 Å². The number of benzene rings is 1. The Kier molecular flexibility index (Phi) is 2.08. The van der Waals surface area contributed by atoms with Gasteiger partial charge in [0.15, 0.2) is 0 Å². The summed E-state index contributed by atoms with van der Waals surface area (Å²) in [6.45, 7) is 2.16. The molecule has 0 aliphatic heterocycles. The molecule has 70 valence electrons. The minimum atomic E-state index is -0.170. The number of halogens is 1. The summed E-state index contributed by atoms with van der Waals surface area (Å²) in [5.74, 6) is 0.900. The first-order chi connectivity index (χ1) is 6.18. The van der Waals surface area contributed by atoms with E-state index in [9.17, 15) is 4.39 Å². The van der Waals surface area contributed by atoms with Crippen LogP contribution < -0.4 is 5.73 Å². The van der Waals surface area contributed by atoms with Gasteiger partial charge in [-0.1, -0.05) is 19.1 Å². The van der Waals surface area contributed by atoms with Gasteiger partial charge in [0.25, 0.3) is 0 Å². The monoisotopic (exact) mass is 179 g/mol. The quantitative estimate of drug-likeness (QED) is 0.740. The highest BCUT2D eigenvalue weighted by Crippen LogP contribution is 2.41. The highest BCUT2D eigenvalue weighted by atomic mass is 19.1. The molecule has 0 heterocycles. The van der Waals surface area contributed by atoms with Gasteiger partial charge in [0.05, 0.1) is 0 Å². The molecule has 13 heavy (non-hydrogen) atoms. The summed E-state index contributed by atoms with van der Waals surface area (Å²) in [5.41, 5.74) is 6.95. The molecule has 1 fully saturated rings. The fourth-order valence-corrected chi connectivity index (χ4v) is 1.82. The molecule has 1 aromatic rings. The van der Waals surface area contributed by atoms with Crippen LogP contribution in [0.15, 0.2) is 24.3 Å². The fraction of sp³-hybridized carbons (Fsp3) is 0.455. The van der Waals surface area contributed by atoms with Crippen molar-refractivity contribution >= 4 is 0 Å². The zero-order valence-electron chi connectivity index (χ0n) is 7.70. The van der Waals surface area contributed by atoms with Gasteiger partial charge in [-0.25, -0.2) is 4.39 Å². The summed E-state index contributed by atoms with van der Waals surface area (Å²) >= 11 is 0. The van der Waals surface area contributed by atoms with Gasteiger partial charge < -0.3 is 5.73 Å². The van der Waals surface area contributed by atoms with Crippen LogP contribution in [0.1, 0.15) is 24.8 Å². The van der Waals surface area contributed by atoms with E-state index in [1.807, 2.05) is 12.1 Å². The molecule has 1 aromatic carbocycles. The summed E-state index contributed by atoms with van der Waals surface area (Å²) in [5, 5.41) is 0. The zero-order valence-corrected chi connectivity index (χ0v) is 7.70. The van der Waals surface area contributed by atoms with Gasteiger partial charge in [0.2, 0.25) is 0 Å². The average molecular weight is 179 g/mol. The smallest absolute Gasteiger partial charge is 0.123 e. The average Bonchev–Trinajstić information content (AvgIpc) is 2.83. The van der Waals surface area contributed by atoms with Gasteiger partial charge in [-0.2, -0.15) is 0 Å². The molecule has 0 spiro atoms. The second-order valence-corrected chi connectivity index (χ2v) is 3.90. The van der Waals surface area contributed by atoms with E-state index in [0.29, 0.717) is 17.9 Å². The number of hydrogen-bond acceptors (Lipinski definition) is 1. The molecule has 1 aliphatic carbocycles. The maximum atomic E-state index is 12.6. The lowest BCUT2D eigenvalue weighted by Gasteiger charge is -2.10. The van der Waals surface area contributed by atoms with E-state index in [-0.39, 0.29) is 5.82 Å². The van der Waals surface area contributed by atoms with Gasteiger partial charge in [-0.05, 0) is 36.0 Å². The summed E-state index contributed by atoms with van der Waals surface area (Å²) < 4.78 is 12.6. The predicted octanol–water partition coefficient (Wildman–Crippen LogP) is 2.28. The van der Waals surface area contributed by atoms with Gasteiger partial charge >= 0.3 is 0 Å². The van der Waals surface area contributed by atoms with Crippen molar-refractivity contribution in [3.63, 3.8) is 0 Å². The Bertz CT molecular complexity index is 293. The van der Waals surface area contributed by atoms with Crippen LogP contribution in [-0.4, -0.2) is 6.04 Å². The third-order valence-electron chi connectivity index (χ3n) is 2.93. The van der Waals surface area contributed by atoms with E-state index in [1.165, 1.54) is 17.7 Å². The summed E-state index contributed by atoms with van der Waals surface area (Å²) in [4.78, 5) is 0. The molecule has 1 nitrogen and oxygen atoms in total. The molecule has 0 saturated heterocycles. The van der Waals surface area contributed by atoms with Gasteiger partial charge in [0.1, 0.15) is 5.82 Å². The molecule has 0 bridgehead atoms. The topological polar surface area (TPSA) is 26.0 Å². The van der Waals surface area contributed by atoms with Crippen molar-refractivity contribution in [2.75, 3.05) is 0 Å². The number of nitrogens with two attached hydrogens (primary N) is 1. The van der Waals surface area contributed by atoms with Crippen LogP contribution in [0.25, 0.3) is 0 Å². The highest BCUT2D eigenvalue weighted by molar-refractivity contribution is 5.23. The minimum absolute atomic E-state index is 0.170. The lowest BCUT2D eigenvalue weighted by molar-refractivity contribution is 0.616. The third-order valence-corrected chi connectivity index (χ3v) is 2.93. The molecular formula is C11H14FN. The van der Waals surface area contributed by atoms with Crippen LogP contribution in [0, 0.1) is 11.7 Å². The Balaban J connectivity index is 2.12. The second kappa shape index (κ2) is 3.11. The van der Waals surface area contributed by atoms with Crippen LogP contribution in [0.4, 0.5) is 4.39 Å². The van der Waals surface area contributed by atoms with Crippen LogP contribution in [0.3, 0.4) is 0 Å². The Morgan fingerprint density at radius 2 is 1.92 bits per heavy atom. The van der Waals surface area contributed by atoms with Crippen LogP contribution in [0.2, 0.25) is 0 Å². The van der Waals surface area contributed by atoms with E-state index in [0.717, 1.165) is 6.42 Å². The van der Waals surface area contributed by atoms with Crippen molar-refractivity contribution in [3.8, 4) is 0 Å². The molecule has 0 amide bonds. The summed E-state index contributed by atoms with van der Waals surface area (Å²) in [6, 6.07) is 7.09. The predicted molar refractivity (Wildman–Crippen MR) is 50.9 cm³/mol. The van der Waals surface area contributed by atoms with Crippen molar-refractivity contribution in [1.29, 1.82) is 0 Å². The maximum absolute atomic E-state index is 12.6. The van der Waals surface area contributed by atoms with E-state index in [1.54, 1.807) is 0 Å². The lowest BCUT2D eigenvalue weighted by atomic mass is 9.96. The zero-order chi connectivity index (χ0) is 9.42. The van der Waals surface area contributed by atoms with E-state index in [2.05, 4.69) is 6.92 Å². The first-order valence-electron chi connectivity index (χ1n) is 4.69. The number of rotatable bonds is 2. The molecule has 2 N–H and O–H groups in total. The fourth-order valence-electron chi connectivity index (χ4n) is 1.82. The Morgan fingerprint density at radius 3 is 2.38 bits per heavy atom. The van der Waals surface area contributed by atoms with Crippen molar-refractivity contribution in [3.05, 3.63) is 35.6 Å². The Hall–Kier alpha value is -0.890. The molecule has 2 heteroatoms. The van der Waals surface area contributed by atoms with Crippen LogP contribution in [0.5, 0.6) is 0 Å². The molecule has 1 aliphatic rings. The second-order valence-electron chi connectivity index (χ2n) is 3.90.